The molecule has 2 N–H and O–H groups in total. The summed E-state index contributed by atoms with van der Waals surface area (Å²) in [4.78, 5) is 15.7. The fourth-order valence-electron chi connectivity index (χ4n) is 2.07. The number of nitrogens with zero attached hydrogens (tertiary/aromatic N) is 1. The van der Waals surface area contributed by atoms with E-state index >= 15 is 0 Å². The summed E-state index contributed by atoms with van der Waals surface area (Å²) in [6, 6.07) is 7.07. The molecule has 4 nitrogen and oxygen atoms in total. The van der Waals surface area contributed by atoms with Crippen LogP contribution in [0.15, 0.2) is 36.5 Å². The molecule has 1 aliphatic rings. The second-order valence-electron chi connectivity index (χ2n) is 5.25. The Bertz CT molecular complexity index is 681. The van der Waals surface area contributed by atoms with Gasteiger partial charge in [-0.25, -0.2) is 13.8 Å². The van der Waals surface area contributed by atoms with Crippen molar-refractivity contribution in [3.05, 3.63) is 53.7 Å². The van der Waals surface area contributed by atoms with E-state index in [0.29, 0.717) is 11.5 Å². The van der Waals surface area contributed by atoms with Gasteiger partial charge in [0.25, 0.3) is 0 Å². The number of pyridine rings is 1. The van der Waals surface area contributed by atoms with Crippen molar-refractivity contribution in [2.75, 3.05) is 10.6 Å². The lowest BCUT2D eigenvalue weighted by Crippen LogP contribution is -2.14. The number of aromatic nitrogens is 1. The van der Waals surface area contributed by atoms with Crippen LogP contribution >= 0.6 is 0 Å². The highest BCUT2D eigenvalue weighted by molar-refractivity contribution is 5.93. The van der Waals surface area contributed by atoms with Crippen molar-refractivity contribution in [2.45, 2.75) is 19.4 Å². The lowest BCUT2D eigenvalue weighted by Gasteiger charge is -2.10. The zero-order valence-corrected chi connectivity index (χ0v) is 11.8. The van der Waals surface area contributed by atoms with Gasteiger partial charge in [-0.05, 0) is 31.0 Å². The highest BCUT2D eigenvalue weighted by atomic mass is 19.1. The quantitative estimate of drug-likeness (QED) is 0.891. The van der Waals surface area contributed by atoms with Crippen LogP contribution in [0.3, 0.4) is 0 Å². The molecular weight excluding hydrogens is 288 g/mol. The van der Waals surface area contributed by atoms with Crippen LogP contribution in [-0.2, 0) is 11.3 Å². The number of amides is 1. The van der Waals surface area contributed by atoms with Gasteiger partial charge in [0.2, 0.25) is 5.91 Å². The highest BCUT2D eigenvalue weighted by Gasteiger charge is 2.29. The number of benzene rings is 1. The Hall–Kier alpha value is -2.50. The van der Waals surface area contributed by atoms with Crippen molar-refractivity contribution in [3.63, 3.8) is 0 Å². The standard InChI is InChI=1S/C16H15F2N3O/c17-13-2-1-3-14(18)12(13)9-20-11-6-7-19-15(8-11)21-16(22)10-4-5-10/h1-3,6-8,10H,4-5,9H2,(H2,19,20,21,22). The van der Waals surface area contributed by atoms with Crippen LogP contribution in [-0.4, -0.2) is 10.9 Å². The minimum absolute atomic E-state index is 0.0124. The Morgan fingerprint density at radius 2 is 1.95 bits per heavy atom. The van der Waals surface area contributed by atoms with Gasteiger partial charge in [-0.3, -0.25) is 4.79 Å². The van der Waals surface area contributed by atoms with E-state index in [1.807, 2.05) is 0 Å². The maximum absolute atomic E-state index is 13.6. The third kappa shape index (κ3) is 3.39. The first kappa shape index (κ1) is 14.4. The molecule has 0 aliphatic heterocycles. The molecule has 1 aromatic heterocycles. The Morgan fingerprint density at radius 3 is 2.64 bits per heavy atom. The summed E-state index contributed by atoms with van der Waals surface area (Å²) >= 11 is 0. The van der Waals surface area contributed by atoms with E-state index < -0.39 is 11.6 Å². The normalized spacial score (nSPS) is 13.7. The van der Waals surface area contributed by atoms with Crippen molar-refractivity contribution in [3.8, 4) is 0 Å². The Morgan fingerprint density at radius 1 is 1.23 bits per heavy atom. The highest BCUT2D eigenvalue weighted by Crippen LogP contribution is 2.30. The van der Waals surface area contributed by atoms with Crippen molar-refractivity contribution >= 4 is 17.4 Å². The van der Waals surface area contributed by atoms with Gasteiger partial charge >= 0.3 is 0 Å². The summed E-state index contributed by atoms with van der Waals surface area (Å²) in [5.41, 5.74) is 0.603. The number of nitrogens with one attached hydrogen (secondary N) is 2. The average molecular weight is 303 g/mol. The first-order chi connectivity index (χ1) is 10.6. The van der Waals surface area contributed by atoms with E-state index in [-0.39, 0.29) is 23.9 Å². The van der Waals surface area contributed by atoms with Crippen LogP contribution in [0.2, 0.25) is 0 Å². The smallest absolute Gasteiger partial charge is 0.228 e. The molecule has 1 fully saturated rings. The molecule has 1 amide bonds. The van der Waals surface area contributed by atoms with E-state index in [1.54, 1.807) is 12.1 Å². The predicted octanol–water partition coefficient (Wildman–Crippen LogP) is 3.32. The Labute approximate surface area is 126 Å². The second kappa shape index (κ2) is 6.09. The molecule has 0 saturated heterocycles. The molecule has 1 heterocycles. The second-order valence-corrected chi connectivity index (χ2v) is 5.25. The van der Waals surface area contributed by atoms with Gasteiger partial charge in [0.05, 0.1) is 0 Å². The van der Waals surface area contributed by atoms with Crippen LogP contribution in [0.1, 0.15) is 18.4 Å². The Balaban J connectivity index is 1.66. The Kier molecular flexibility index (Phi) is 4.00. The van der Waals surface area contributed by atoms with Crippen LogP contribution in [0.4, 0.5) is 20.3 Å². The molecular formula is C16H15F2N3O. The largest absolute Gasteiger partial charge is 0.381 e. The van der Waals surface area contributed by atoms with E-state index in [2.05, 4.69) is 15.6 Å². The number of carbonyl (C=O) groups excluding carboxylic acids is 1. The first-order valence-electron chi connectivity index (χ1n) is 7.07. The number of hydrogen-bond donors (Lipinski definition) is 2. The average Bonchev–Trinajstić information content (AvgIpc) is 3.32. The number of hydrogen-bond acceptors (Lipinski definition) is 3. The summed E-state index contributed by atoms with van der Waals surface area (Å²) < 4.78 is 27.1. The topological polar surface area (TPSA) is 54.0 Å². The van der Waals surface area contributed by atoms with Crippen molar-refractivity contribution in [1.82, 2.24) is 4.98 Å². The third-order valence-electron chi connectivity index (χ3n) is 3.49. The zero-order valence-electron chi connectivity index (χ0n) is 11.8. The van der Waals surface area contributed by atoms with Crippen molar-refractivity contribution < 1.29 is 13.6 Å². The maximum Gasteiger partial charge on any atom is 0.228 e. The van der Waals surface area contributed by atoms with Gasteiger partial charge in [0.1, 0.15) is 17.5 Å². The summed E-state index contributed by atoms with van der Waals surface area (Å²) in [5, 5.41) is 5.66. The summed E-state index contributed by atoms with van der Waals surface area (Å²) in [6.07, 6.45) is 3.36. The van der Waals surface area contributed by atoms with Gasteiger partial charge in [-0.2, -0.15) is 0 Å². The molecule has 1 aliphatic carbocycles. The maximum atomic E-state index is 13.6. The molecule has 0 spiro atoms. The fourth-order valence-corrected chi connectivity index (χ4v) is 2.07. The zero-order chi connectivity index (χ0) is 15.5. The third-order valence-corrected chi connectivity index (χ3v) is 3.49. The first-order valence-corrected chi connectivity index (χ1v) is 7.07. The van der Waals surface area contributed by atoms with Gasteiger partial charge in [-0.15, -0.1) is 0 Å². The predicted molar refractivity (Wildman–Crippen MR) is 79.3 cm³/mol. The van der Waals surface area contributed by atoms with Gasteiger partial charge in [0.15, 0.2) is 0 Å². The molecule has 0 bridgehead atoms. The monoisotopic (exact) mass is 303 g/mol. The minimum atomic E-state index is -0.594. The van der Waals surface area contributed by atoms with Crippen LogP contribution in [0.5, 0.6) is 0 Å². The summed E-state index contributed by atoms with van der Waals surface area (Å²) in [6.45, 7) is 0.0124. The van der Waals surface area contributed by atoms with Gasteiger partial charge < -0.3 is 10.6 Å². The van der Waals surface area contributed by atoms with Crippen LogP contribution < -0.4 is 10.6 Å². The number of rotatable bonds is 5. The molecule has 2 aromatic rings. The minimum Gasteiger partial charge on any atom is -0.381 e. The van der Waals surface area contributed by atoms with Crippen molar-refractivity contribution in [2.24, 2.45) is 5.92 Å². The van der Waals surface area contributed by atoms with E-state index in [9.17, 15) is 13.6 Å². The molecule has 6 heteroatoms. The van der Waals surface area contributed by atoms with Gasteiger partial charge in [0, 0.05) is 36.0 Å². The molecule has 3 rings (SSSR count). The van der Waals surface area contributed by atoms with E-state index in [4.69, 9.17) is 0 Å². The molecule has 0 unspecified atom stereocenters. The molecule has 0 atom stereocenters. The molecule has 1 saturated carbocycles. The number of anilines is 2. The fraction of sp³-hybridized carbons (Fsp3) is 0.250. The molecule has 0 radical (unpaired) electrons. The molecule has 1 aromatic carbocycles. The van der Waals surface area contributed by atoms with Crippen molar-refractivity contribution in [1.29, 1.82) is 0 Å². The SMILES string of the molecule is O=C(Nc1cc(NCc2c(F)cccc2F)ccn1)C1CC1. The van der Waals surface area contributed by atoms with E-state index in [1.165, 1.54) is 24.4 Å². The lowest BCUT2D eigenvalue weighted by molar-refractivity contribution is -0.117. The van der Waals surface area contributed by atoms with E-state index in [0.717, 1.165) is 12.8 Å². The van der Waals surface area contributed by atoms with Gasteiger partial charge in [-0.1, -0.05) is 6.07 Å². The summed E-state index contributed by atoms with van der Waals surface area (Å²) in [5.74, 6) is -0.709. The summed E-state index contributed by atoms with van der Waals surface area (Å²) in [7, 11) is 0. The van der Waals surface area contributed by atoms with Crippen LogP contribution in [0, 0.1) is 17.6 Å². The number of carbonyl (C=O) groups is 1. The van der Waals surface area contributed by atoms with Crippen LogP contribution in [0.25, 0.3) is 0 Å². The lowest BCUT2D eigenvalue weighted by atomic mass is 10.2. The molecule has 22 heavy (non-hydrogen) atoms. The number of halogens is 2. The molecule has 114 valence electrons.